The van der Waals surface area contributed by atoms with E-state index in [9.17, 15) is 9.13 Å². The molecule has 0 saturated heterocycles. The van der Waals surface area contributed by atoms with Crippen molar-refractivity contribution in [3.8, 4) is 11.4 Å². The van der Waals surface area contributed by atoms with Crippen molar-refractivity contribution in [3.05, 3.63) is 47.8 Å². The van der Waals surface area contributed by atoms with Crippen LogP contribution >= 0.6 is 15.2 Å². The van der Waals surface area contributed by atoms with Gasteiger partial charge in [-0.15, -0.1) is 0 Å². The van der Waals surface area contributed by atoms with Crippen LogP contribution in [0.4, 0.5) is 0 Å². The molecular weight excluding hydrogens is 354 g/mol. The number of pyridine rings is 2. The third kappa shape index (κ3) is 6.61. The van der Waals surface area contributed by atoms with Crippen molar-refractivity contribution in [2.24, 2.45) is 0 Å². The van der Waals surface area contributed by atoms with Crippen molar-refractivity contribution < 1.29 is 28.7 Å². The minimum atomic E-state index is -4.08. The predicted molar refractivity (Wildman–Crippen MR) is 88.7 cm³/mol. The summed E-state index contributed by atoms with van der Waals surface area (Å²) in [7, 11) is -8.16. The Morgan fingerprint density at radius 2 is 1.08 bits per heavy atom. The Balaban J connectivity index is 2.16. The first kappa shape index (κ1) is 18.9. The van der Waals surface area contributed by atoms with Crippen molar-refractivity contribution in [2.45, 2.75) is 12.8 Å². The molecule has 2 aromatic rings. The summed E-state index contributed by atoms with van der Waals surface area (Å²) < 4.78 is 21.9. The molecule has 0 fully saturated rings. The molecular formula is C14H18N2O6P2. The van der Waals surface area contributed by atoms with Gasteiger partial charge in [0.05, 0.1) is 23.7 Å². The van der Waals surface area contributed by atoms with Crippen LogP contribution in [-0.2, 0) is 22.0 Å². The van der Waals surface area contributed by atoms with Gasteiger partial charge >= 0.3 is 15.2 Å². The predicted octanol–water partition coefficient (Wildman–Crippen LogP) is 1.58. The molecule has 0 atom stereocenters. The van der Waals surface area contributed by atoms with E-state index in [1.807, 2.05) is 0 Å². The Kier molecular flexibility index (Phi) is 6.04. The van der Waals surface area contributed by atoms with E-state index in [-0.39, 0.29) is 25.2 Å². The number of hydrogen-bond donors (Lipinski definition) is 4. The molecule has 2 heterocycles. The fourth-order valence-corrected chi connectivity index (χ4v) is 3.08. The van der Waals surface area contributed by atoms with Crippen LogP contribution in [0.1, 0.15) is 11.4 Å². The molecule has 0 aliphatic rings. The Bertz CT molecular complexity index is 734. The van der Waals surface area contributed by atoms with Crippen molar-refractivity contribution in [1.82, 2.24) is 9.97 Å². The highest BCUT2D eigenvalue weighted by Gasteiger charge is 2.15. The van der Waals surface area contributed by atoms with Crippen molar-refractivity contribution in [3.63, 3.8) is 0 Å². The maximum Gasteiger partial charge on any atom is 0.325 e. The van der Waals surface area contributed by atoms with Crippen LogP contribution in [0.5, 0.6) is 0 Å². The molecule has 0 aliphatic carbocycles. The zero-order chi connectivity index (χ0) is 17.8. The zero-order valence-electron chi connectivity index (χ0n) is 12.7. The normalized spacial score (nSPS) is 12.3. The summed E-state index contributed by atoms with van der Waals surface area (Å²) in [5.41, 5.74) is 2.16. The highest BCUT2D eigenvalue weighted by molar-refractivity contribution is 7.52. The van der Waals surface area contributed by atoms with Gasteiger partial charge in [-0.3, -0.25) is 19.1 Å². The Labute approximate surface area is 138 Å². The molecule has 0 bridgehead atoms. The molecule has 24 heavy (non-hydrogen) atoms. The van der Waals surface area contributed by atoms with Gasteiger partial charge in [0, 0.05) is 24.2 Å². The zero-order valence-corrected chi connectivity index (χ0v) is 14.5. The Hall–Kier alpha value is -1.40. The van der Waals surface area contributed by atoms with Gasteiger partial charge in [-0.25, -0.2) is 0 Å². The van der Waals surface area contributed by atoms with E-state index in [2.05, 4.69) is 9.97 Å². The van der Waals surface area contributed by atoms with E-state index < -0.39 is 15.2 Å². The summed E-state index contributed by atoms with van der Waals surface area (Å²) in [5.74, 6) is 0. The van der Waals surface area contributed by atoms with E-state index in [0.717, 1.165) is 0 Å². The van der Waals surface area contributed by atoms with Crippen LogP contribution in [-0.4, -0.2) is 41.9 Å². The van der Waals surface area contributed by atoms with Gasteiger partial charge < -0.3 is 19.6 Å². The minimum Gasteiger partial charge on any atom is -0.324 e. The van der Waals surface area contributed by atoms with Crippen LogP contribution in [0, 0.1) is 0 Å². The molecule has 2 rings (SSSR count). The summed E-state index contributed by atoms with van der Waals surface area (Å²) >= 11 is 0. The summed E-state index contributed by atoms with van der Waals surface area (Å²) in [6.45, 7) is 0. The molecule has 0 aromatic carbocycles. The molecule has 0 saturated carbocycles. The molecule has 10 heteroatoms. The molecule has 130 valence electrons. The molecule has 8 nitrogen and oxygen atoms in total. The van der Waals surface area contributed by atoms with Crippen molar-refractivity contribution >= 4 is 15.2 Å². The smallest absolute Gasteiger partial charge is 0.324 e. The van der Waals surface area contributed by atoms with Crippen LogP contribution in [0.2, 0.25) is 0 Å². The first-order valence-electron chi connectivity index (χ1n) is 7.14. The minimum absolute atomic E-state index is 0.149. The fourth-order valence-electron chi connectivity index (χ4n) is 2.04. The van der Waals surface area contributed by atoms with E-state index in [1.165, 1.54) is 0 Å². The van der Waals surface area contributed by atoms with Gasteiger partial charge in [0.1, 0.15) is 0 Å². The number of aromatic nitrogens is 2. The monoisotopic (exact) mass is 372 g/mol. The maximum absolute atomic E-state index is 10.9. The molecule has 0 spiro atoms. The topological polar surface area (TPSA) is 141 Å². The number of rotatable bonds is 7. The van der Waals surface area contributed by atoms with Crippen molar-refractivity contribution in [1.29, 1.82) is 0 Å². The van der Waals surface area contributed by atoms with Gasteiger partial charge in [-0.1, -0.05) is 12.1 Å². The second-order valence-corrected chi connectivity index (χ2v) is 8.86. The SMILES string of the molecule is O=P(O)(O)CCc1cccc(-c2cccc(CCP(=O)(O)O)n2)n1. The van der Waals surface area contributed by atoms with Crippen LogP contribution in [0.15, 0.2) is 36.4 Å². The fraction of sp³-hybridized carbons (Fsp3) is 0.286. The summed E-state index contributed by atoms with van der Waals surface area (Å²) in [6, 6.07) is 10.2. The Morgan fingerprint density at radius 3 is 1.42 bits per heavy atom. The average Bonchev–Trinajstić information content (AvgIpc) is 2.50. The molecule has 0 aliphatic heterocycles. The molecule has 0 amide bonds. The summed E-state index contributed by atoms with van der Waals surface area (Å²) in [5, 5.41) is 0. The maximum atomic E-state index is 10.9. The second-order valence-electron chi connectivity index (χ2n) is 5.30. The first-order valence-corrected chi connectivity index (χ1v) is 10.7. The van der Waals surface area contributed by atoms with Crippen LogP contribution in [0.3, 0.4) is 0 Å². The van der Waals surface area contributed by atoms with Gasteiger partial charge in [0.15, 0.2) is 0 Å². The summed E-state index contributed by atoms with van der Waals surface area (Å²) in [6.07, 6.45) is -0.259. The lowest BCUT2D eigenvalue weighted by Crippen LogP contribution is -2.00. The molecule has 4 N–H and O–H groups in total. The lowest BCUT2D eigenvalue weighted by molar-refractivity contribution is 0.370. The Morgan fingerprint density at radius 1 is 0.708 bits per heavy atom. The van der Waals surface area contributed by atoms with E-state index in [4.69, 9.17) is 19.6 Å². The number of nitrogens with zero attached hydrogens (tertiary/aromatic N) is 2. The third-order valence-electron chi connectivity index (χ3n) is 3.19. The quantitative estimate of drug-likeness (QED) is 0.537. The van der Waals surface area contributed by atoms with E-state index in [1.54, 1.807) is 36.4 Å². The lowest BCUT2D eigenvalue weighted by Gasteiger charge is -2.07. The third-order valence-corrected chi connectivity index (χ3v) is 4.81. The standard InChI is InChI=1S/C14H18N2O6P2/c17-23(18,19)9-7-11-3-1-5-13(15-11)14-6-2-4-12(16-14)8-10-24(20,21)22/h1-6H,7-10H2,(H2,17,18,19)(H2,20,21,22). The van der Waals surface area contributed by atoms with E-state index in [0.29, 0.717) is 22.8 Å². The van der Waals surface area contributed by atoms with Gasteiger partial charge in [-0.2, -0.15) is 0 Å². The van der Waals surface area contributed by atoms with E-state index >= 15 is 0 Å². The van der Waals surface area contributed by atoms with Crippen LogP contribution < -0.4 is 0 Å². The van der Waals surface area contributed by atoms with Crippen LogP contribution in [0.25, 0.3) is 11.4 Å². The molecule has 0 unspecified atom stereocenters. The molecule has 2 aromatic heterocycles. The highest BCUT2D eigenvalue weighted by Crippen LogP contribution is 2.35. The number of hydrogen-bond acceptors (Lipinski definition) is 4. The largest absolute Gasteiger partial charge is 0.325 e. The number of aryl methyl sites for hydroxylation is 2. The molecule has 0 radical (unpaired) electrons. The second kappa shape index (κ2) is 7.66. The summed E-state index contributed by atoms with van der Waals surface area (Å²) in [4.78, 5) is 44.4. The lowest BCUT2D eigenvalue weighted by atomic mass is 10.2. The van der Waals surface area contributed by atoms with Gasteiger partial charge in [0.2, 0.25) is 0 Å². The van der Waals surface area contributed by atoms with Gasteiger partial charge in [-0.05, 0) is 24.3 Å². The average molecular weight is 372 g/mol. The van der Waals surface area contributed by atoms with Crippen molar-refractivity contribution in [2.75, 3.05) is 12.3 Å². The highest BCUT2D eigenvalue weighted by atomic mass is 31.2. The van der Waals surface area contributed by atoms with Gasteiger partial charge in [0.25, 0.3) is 0 Å². The first-order chi connectivity index (χ1) is 11.1.